The van der Waals surface area contributed by atoms with E-state index in [0.717, 1.165) is 11.1 Å². The van der Waals surface area contributed by atoms with E-state index in [1.54, 1.807) is 0 Å². The Kier molecular flexibility index (Phi) is 6.46. The van der Waals surface area contributed by atoms with Crippen molar-refractivity contribution in [2.24, 2.45) is 0 Å². The first-order valence-electron chi connectivity index (χ1n) is 8.14. The molecule has 2 aromatic carbocycles. The summed E-state index contributed by atoms with van der Waals surface area (Å²) in [7, 11) is 0. The summed E-state index contributed by atoms with van der Waals surface area (Å²) >= 11 is 11.9. The third kappa shape index (κ3) is 5.45. The molecule has 0 amide bonds. The molecule has 4 rings (SSSR count). The molecule has 28 heavy (non-hydrogen) atoms. The number of benzene rings is 2. The highest BCUT2D eigenvalue weighted by molar-refractivity contribution is 6.31. The van der Waals surface area contributed by atoms with Crippen LogP contribution in [0.3, 0.4) is 0 Å². The monoisotopic (exact) mass is 418 g/mol. The number of rotatable bonds is 4. The molecule has 0 atom stereocenters. The average molecular weight is 419 g/mol. The number of hydrogen-bond donors (Lipinski definition) is 2. The van der Waals surface area contributed by atoms with Crippen LogP contribution >= 0.6 is 23.2 Å². The highest BCUT2D eigenvalue weighted by atomic mass is 35.5. The minimum Gasteiger partial charge on any atom is -0.408 e. The van der Waals surface area contributed by atoms with Gasteiger partial charge in [0.25, 0.3) is 0 Å². The molecule has 8 nitrogen and oxygen atoms in total. The third-order valence-corrected chi connectivity index (χ3v) is 4.30. The molecule has 10 heteroatoms. The van der Waals surface area contributed by atoms with Crippen molar-refractivity contribution in [3.63, 3.8) is 0 Å². The van der Waals surface area contributed by atoms with Crippen molar-refractivity contribution in [3.8, 4) is 0 Å². The second kappa shape index (κ2) is 9.20. The molecule has 0 saturated heterocycles. The van der Waals surface area contributed by atoms with Crippen LogP contribution in [-0.4, -0.2) is 20.4 Å². The molecule has 0 unspecified atom stereocenters. The van der Waals surface area contributed by atoms with Crippen LogP contribution in [0.4, 0.5) is 12.0 Å². The van der Waals surface area contributed by atoms with Gasteiger partial charge in [-0.05, 0) is 23.3 Å². The molecule has 2 heterocycles. The van der Waals surface area contributed by atoms with Gasteiger partial charge in [-0.3, -0.25) is 0 Å². The summed E-state index contributed by atoms with van der Waals surface area (Å²) in [6, 6.07) is 15.1. The van der Waals surface area contributed by atoms with E-state index in [9.17, 15) is 0 Å². The number of nitrogens with two attached hydrogens (primary N) is 2. The molecule has 4 N–H and O–H groups in total. The lowest BCUT2D eigenvalue weighted by Gasteiger charge is -1.98. The predicted octanol–water partition coefficient (Wildman–Crippen LogP) is 3.79. The lowest BCUT2D eigenvalue weighted by molar-refractivity contribution is 0.522. The maximum absolute atomic E-state index is 5.96. The van der Waals surface area contributed by atoms with E-state index in [1.165, 1.54) is 0 Å². The van der Waals surface area contributed by atoms with Crippen LogP contribution in [0.5, 0.6) is 0 Å². The summed E-state index contributed by atoms with van der Waals surface area (Å²) in [6.07, 6.45) is 1.01. The third-order valence-electron chi connectivity index (χ3n) is 3.56. The first-order chi connectivity index (χ1) is 13.5. The van der Waals surface area contributed by atoms with Gasteiger partial charge in [0.15, 0.2) is 0 Å². The topological polar surface area (TPSA) is 130 Å². The second-order valence-corrected chi connectivity index (χ2v) is 6.42. The smallest absolute Gasteiger partial charge is 0.312 e. The molecule has 0 aliphatic rings. The zero-order valence-corrected chi connectivity index (χ0v) is 16.1. The van der Waals surface area contributed by atoms with E-state index in [-0.39, 0.29) is 12.0 Å². The number of nitrogen functional groups attached to an aromatic ring is 2. The number of anilines is 2. The van der Waals surface area contributed by atoms with Gasteiger partial charge in [-0.2, -0.15) is 0 Å². The van der Waals surface area contributed by atoms with Crippen LogP contribution in [0.2, 0.25) is 10.0 Å². The van der Waals surface area contributed by atoms with Crippen LogP contribution in [0, 0.1) is 0 Å². The van der Waals surface area contributed by atoms with E-state index in [4.69, 9.17) is 43.5 Å². The molecular weight excluding hydrogens is 403 g/mol. The molecule has 0 saturated carbocycles. The Labute approximate surface area is 170 Å². The number of aromatic nitrogens is 4. The average Bonchev–Trinajstić information content (AvgIpc) is 3.27. The standard InChI is InChI=1S/2C9H8ClN3O/c2*10-7-4-2-1-3-6(7)5-8-12-13-9(11)14-8/h2*1-4H,5H2,(H2,11,13). The summed E-state index contributed by atoms with van der Waals surface area (Å²) in [4.78, 5) is 0. The predicted molar refractivity (Wildman–Crippen MR) is 106 cm³/mol. The number of hydrogen-bond acceptors (Lipinski definition) is 8. The molecule has 0 spiro atoms. The number of nitrogens with zero attached hydrogens (tertiary/aromatic N) is 4. The zero-order valence-electron chi connectivity index (χ0n) is 14.5. The first kappa shape index (κ1) is 19.7. The van der Waals surface area contributed by atoms with E-state index >= 15 is 0 Å². The van der Waals surface area contributed by atoms with Crippen LogP contribution in [0.1, 0.15) is 22.9 Å². The van der Waals surface area contributed by atoms with Crippen molar-refractivity contribution in [3.05, 3.63) is 81.5 Å². The van der Waals surface area contributed by atoms with Crippen molar-refractivity contribution in [2.45, 2.75) is 12.8 Å². The highest BCUT2D eigenvalue weighted by Crippen LogP contribution is 2.19. The molecule has 0 aliphatic heterocycles. The normalized spacial score (nSPS) is 10.4. The van der Waals surface area contributed by atoms with Gasteiger partial charge in [-0.25, -0.2) is 0 Å². The SMILES string of the molecule is Nc1nnc(Cc2ccccc2Cl)o1.Nc1nnc(Cc2ccccc2Cl)o1. The van der Waals surface area contributed by atoms with Crippen LogP contribution in [-0.2, 0) is 12.8 Å². The Bertz CT molecular complexity index is 966. The van der Waals surface area contributed by atoms with Gasteiger partial charge in [-0.15, -0.1) is 10.2 Å². The molecule has 0 aliphatic carbocycles. The fourth-order valence-corrected chi connectivity index (χ4v) is 2.69. The minimum atomic E-state index is 0.0760. The summed E-state index contributed by atoms with van der Waals surface area (Å²) in [5.74, 6) is 0.936. The summed E-state index contributed by atoms with van der Waals surface area (Å²) in [5.41, 5.74) is 12.5. The van der Waals surface area contributed by atoms with Crippen molar-refractivity contribution in [2.75, 3.05) is 11.5 Å². The van der Waals surface area contributed by atoms with Gasteiger partial charge in [0.1, 0.15) is 0 Å². The Hall–Kier alpha value is -3.10. The lowest BCUT2D eigenvalue weighted by Crippen LogP contribution is -1.89. The van der Waals surface area contributed by atoms with E-state index < -0.39 is 0 Å². The van der Waals surface area contributed by atoms with Gasteiger partial charge in [0, 0.05) is 10.0 Å². The molecular formula is C18H16Cl2N6O2. The van der Waals surface area contributed by atoms with E-state index in [0.29, 0.717) is 34.7 Å². The van der Waals surface area contributed by atoms with Crippen LogP contribution < -0.4 is 11.5 Å². The molecule has 4 aromatic rings. The van der Waals surface area contributed by atoms with Gasteiger partial charge in [0.05, 0.1) is 12.8 Å². The minimum absolute atomic E-state index is 0.0760. The van der Waals surface area contributed by atoms with Crippen LogP contribution in [0.25, 0.3) is 0 Å². The van der Waals surface area contributed by atoms with E-state index in [1.807, 2.05) is 48.5 Å². The van der Waals surface area contributed by atoms with Gasteiger partial charge >= 0.3 is 12.0 Å². The fraction of sp³-hybridized carbons (Fsp3) is 0.111. The molecule has 0 fully saturated rings. The quantitative estimate of drug-likeness (QED) is 0.511. The second-order valence-electron chi connectivity index (χ2n) is 5.60. The fourth-order valence-electron chi connectivity index (χ4n) is 2.29. The van der Waals surface area contributed by atoms with Gasteiger partial charge < -0.3 is 20.3 Å². The highest BCUT2D eigenvalue weighted by Gasteiger charge is 2.07. The molecule has 0 bridgehead atoms. The Morgan fingerprint density at radius 3 is 1.36 bits per heavy atom. The molecule has 144 valence electrons. The lowest BCUT2D eigenvalue weighted by atomic mass is 10.1. The first-order valence-corrected chi connectivity index (χ1v) is 8.89. The molecule has 2 aromatic heterocycles. The summed E-state index contributed by atoms with van der Waals surface area (Å²) in [5, 5.41) is 16.0. The largest absolute Gasteiger partial charge is 0.408 e. The summed E-state index contributed by atoms with van der Waals surface area (Å²) in [6.45, 7) is 0. The van der Waals surface area contributed by atoms with Crippen molar-refractivity contribution >= 4 is 35.2 Å². The number of halogens is 2. The van der Waals surface area contributed by atoms with Gasteiger partial charge in [0.2, 0.25) is 11.8 Å². The zero-order chi connectivity index (χ0) is 19.9. The molecule has 0 radical (unpaired) electrons. The summed E-state index contributed by atoms with van der Waals surface area (Å²) < 4.78 is 10.1. The van der Waals surface area contributed by atoms with Gasteiger partial charge in [-0.1, -0.05) is 69.8 Å². The van der Waals surface area contributed by atoms with Crippen molar-refractivity contribution in [1.82, 2.24) is 20.4 Å². The Morgan fingerprint density at radius 2 is 1.04 bits per heavy atom. The van der Waals surface area contributed by atoms with E-state index in [2.05, 4.69) is 20.4 Å². The van der Waals surface area contributed by atoms with Crippen molar-refractivity contribution in [1.29, 1.82) is 0 Å². The van der Waals surface area contributed by atoms with Crippen molar-refractivity contribution < 1.29 is 8.83 Å². The maximum Gasteiger partial charge on any atom is 0.312 e. The maximum atomic E-state index is 5.96. The Balaban J connectivity index is 0.000000161. The Morgan fingerprint density at radius 1 is 0.643 bits per heavy atom. The van der Waals surface area contributed by atoms with Crippen LogP contribution in [0.15, 0.2) is 57.4 Å².